The van der Waals surface area contributed by atoms with Crippen molar-refractivity contribution >= 4 is 28.7 Å². The molecule has 2 aromatic rings. The van der Waals surface area contributed by atoms with Crippen LogP contribution >= 0.6 is 11.3 Å². The van der Waals surface area contributed by atoms with Crippen molar-refractivity contribution < 1.29 is 9.53 Å². The lowest BCUT2D eigenvalue weighted by atomic mass is 10.1. The van der Waals surface area contributed by atoms with Gasteiger partial charge in [0.1, 0.15) is 0 Å². The molecular weight excluding hydrogens is 260 g/mol. The maximum atomic E-state index is 11.6. The maximum absolute atomic E-state index is 11.6. The third-order valence-electron chi connectivity index (χ3n) is 2.86. The molecule has 0 bridgehead atoms. The first kappa shape index (κ1) is 13.4. The van der Waals surface area contributed by atoms with E-state index in [1.165, 1.54) is 12.0 Å². The van der Waals surface area contributed by atoms with Gasteiger partial charge in [0.15, 0.2) is 0 Å². The quantitative estimate of drug-likeness (QED) is 0.689. The van der Waals surface area contributed by atoms with Crippen LogP contribution in [0, 0.1) is 0 Å². The summed E-state index contributed by atoms with van der Waals surface area (Å²) in [5.41, 5.74) is 7.55. The van der Waals surface area contributed by atoms with Crippen LogP contribution in [0.4, 0.5) is 11.4 Å². The standard InChI is InChI=1S/C14H16N2O2S/c1-16(9-11-4-3-7-19-11)10-5-6-13(15)12(8-10)14(17)18-2/h3-8H,9,15H2,1-2H3. The molecule has 0 unspecified atom stereocenters. The van der Waals surface area contributed by atoms with E-state index in [0.717, 1.165) is 12.2 Å². The van der Waals surface area contributed by atoms with E-state index in [2.05, 4.69) is 11.0 Å². The monoisotopic (exact) mass is 276 g/mol. The van der Waals surface area contributed by atoms with Crippen LogP contribution in [0.3, 0.4) is 0 Å². The van der Waals surface area contributed by atoms with Crippen molar-refractivity contribution in [3.05, 3.63) is 46.2 Å². The minimum atomic E-state index is -0.413. The van der Waals surface area contributed by atoms with E-state index >= 15 is 0 Å². The molecule has 0 aliphatic heterocycles. The lowest BCUT2D eigenvalue weighted by Crippen LogP contribution is -2.16. The molecule has 0 fully saturated rings. The Balaban J connectivity index is 2.22. The van der Waals surface area contributed by atoms with Gasteiger partial charge in [-0.25, -0.2) is 4.79 Å². The minimum absolute atomic E-state index is 0.401. The zero-order chi connectivity index (χ0) is 13.8. The fourth-order valence-corrected chi connectivity index (χ4v) is 2.55. The Labute approximate surface area is 116 Å². The number of nitrogens with two attached hydrogens (primary N) is 1. The number of carbonyl (C=O) groups excluding carboxylic acids is 1. The highest BCUT2D eigenvalue weighted by Gasteiger charge is 2.12. The topological polar surface area (TPSA) is 55.6 Å². The number of esters is 1. The van der Waals surface area contributed by atoms with Gasteiger partial charge >= 0.3 is 5.97 Å². The smallest absolute Gasteiger partial charge is 0.340 e. The molecule has 2 rings (SSSR count). The van der Waals surface area contributed by atoms with Crippen molar-refractivity contribution in [1.29, 1.82) is 0 Å². The lowest BCUT2D eigenvalue weighted by molar-refractivity contribution is 0.0602. The molecule has 4 nitrogen and oxygen atoms in total. The molecule has 100 valence electrons. The molecule has 2 N–H and O–H groups in total. The molecule has 0 radical (unpaired) electrons. The van der Waals surface area contributed by atoms with Gasteiger partial charge in [-0.1, -0.05) is 6.07 Å². The number of carbonyl (C=O) groups is 1. The van der Waals surface area contributed by atoms with Gasteiger partial charge in [0, 0.05) is 23.3 Å². The second-order valence-corrected chi connectivity index (χ2v) is 5.23. The molecule has 0 amide bonds. The predicted octanol–water partition coefficient (Wildman–Crippen LogP) is 2.75. The summed E-state index contributed by atoms with van der Waals surface area (Å²) < 4.78 is 4.72. The highest BCUT2D eigenvalue weighted by atomic mass is 32.1. The van der Waals surface area contributed by atoms with Gasteiger partial charge in [-0.05, 0) is 29.6 Å². The largest absolute Gasteiger partial charge is 0.465 e. The predicted molar refractivity (Wildman–Crippen MR) is 78.6 cm³/mol. The second kappa shape index (κ2) is 5.75. The number of rotatable bonds is 4. The summed E-state index contributed by atoms with van der Waals surface area (Å²) in [6.45, 7) is 0.794. The van der Waals surface area contributed by atoms with E-state index in [1.807, 2.05) is 24.6 Å². The van der Waals surface area contributed by atoms with Crippen LogP contribution in [-0.2, 0) is 11.3 Å². The fraction of sp³-hybridized carbons (Fsp3) is 0.214. The average molecular weight is 276 g/mol. The number of hydrogen-bond donors (Lipinski definition) is 1. The lowest BCUT2D eigenvalue weighted by Gasteiger charge is -2.19. The average Bonchev–Trinajstić information content (AvgIpc) is 2.91. The molecule has 0 saturated heterocycles. The number of anilines is 2. The molecule has 19 heavy (non-hydrogen) atoms. The molecule has 0 aliphatic rings. The summed E-state index contributed by atoms with van der Waals surface area (Å²) in [6, 6.07) is 9.49. The van der Waals surface area contributed by atoms with E-state index in [4.69, 9.17) is 10.5 Å². The van der Waals surface area contributed by atoms with Crippen molar-refractivity contribution in [2.24, 2.45) is 0 Å². The maximum Gasteiger partial charge on any atom is 0.340 e. The molecule has 1 heterocycles. The van der Waals surface area contributed by atoms with Crippen LogP contribution in [0.15, 0.2) is 35.7 Å². The van der Waals surface area contributed by atoms with E-state index < -0.39 is 5.97 Å². The first-order valence-electron chi connectivity index (χ1n) is 5.83. The Hall–Kier alpha value is -2.01. The normalized spacial score (nSPS) is 10.2. The number of benzene rings is 1. The van der Waals surface area contributed by atoms with Crippen LogP contribution < -0.4 is 10.6 Å². The van der Waals surface area contributed by atoms with Crippen molar-refractivity contribution in [3.8, 4) is 0 Å². The number of nitrogen functional groups attached to an aromatic ring is 1. The fourth-order valence-electron chi connectivity index (χ4n) is 1.80. The van der Waals surface area contributed by atoms with Crippen LogP contribution in [-0.4, -0.2) is 20.1 Å². The van der Waals surface area contributed by atoms with Gasteiger partial charge < -0.3 is 15.4 Å². The number of thiophene rings is 1. The highest BCUT2D eigenvalue weighted by Crippen LogP contribution is 2.23. The van der Waals surface area contributed by atoms with E-state index in [-0.39, 0.29) is 0 Å². The van der Waals surface area contributed by atoms with Gasteiger partial charge in [0.2, 0.25) is 0 Å². The summed E-state index contributed by atoms with van der Waals surface area (Å²) in [7, 11) is 3.33. The Kier molecular flexibility index (Phi) is 4.06. The van der Waals surface area contributed by atoms with E-state index in [0.29, 0.717) is 11.3 Å². The van der Waals surface area contributed by atoms with Crippen LogP contribution in [0.2, 0.25) is 0 Å². The van der Waals surface area contributed by atoms with E-state index in [1.54, 1.807) is 23.5 Å². The molecule has 0 aliphatic carbocycles. The summed E-state index contributed by atoms with van der Waals surface area (Å²) in [4.78, 5) is 14.9. The number of nitrogens with zero attached hydrogens (tertiary/aromatic N) is 1. The highest BCUT2D eigenvalue weighted by molar-refractivity contribution is 7.09. The Morgan fingerprint density at radius 2 is 2.21 bits per heavy atom. The van der Waals surface area contributed by atoms with Gasteiger partial charge in [-0.2, -0.15) is 0 Å². The molecule has 5 heteroatoms. The van der Waals surface area contributed by atoms with Crippen LogP contribution in [0.1, 0.15) is 15.2 Å². The van der Waals surface area contributed by atoms with Gasteiger partial charge in [-0.15, -0.1) is 11.3 Å². The van der Waals surface area contributed by atoms with Crippen LogP contribution in [0.5, 0.6) is 0 Å². The van der Waals surface area contributed by atoms with Crippen molar-refractivity contribution in [1.82, 2.24) is 0 Å². The third-order valence-corrected chi connectivity index (χ3v) is 3.72. The summed E-state index contributed by atoms with van der Waals surface area (Å²) in [6.07, 6.45) is 0. The molecule has 0 saturated carbocycles. The van der Waals surface area contributed by atoms with E-state index in [9.17, 15) is 4.79 Å². The Bertz CT molecular complexity index is 567. The number of methoxy groups -OCH3 is 1. The zero-order valence-corrected chi connectivity index (χ0v) is 11.7. The number of ether oxygens (including phenoxy) is 1. The summed E-state index contributed by atoms with van der Waals surface area (Å²) in [5.74, 6) is -0.413. The summed E-state index contributed by atoms with van der Waals surface area (Å²) in [5, 5.41) is 2.05. The molecule has 0 spiro atoms. The zero-order valence-electron chi connectivity index (χ0n) is 10.9. The SMILES string of the molecule is COC(=O)c1cc(N(C)Cc2cccs2)ccc1N. The van der Waals surface area contributed by atoms with Crippen molar-refractivity contribution in [2.75, 3.05) is 24.8 Å². The summed E-state index contributed by atoms with van der Waals surface area (Å²) >= 11 is 1.71. The molecule has 1 aromatic carbocycles. The van der Waals surface area contributed by atoms with Crippen molar-refractivity contribution in [2.45, 2.75) is 6.54 Å². The third kappa shape index (κ3) is 3.06. The Morgan fingerprint density at radius 3 is 2.84 bits per heavy atom. The first-order valence-corrected chi connectivity index (χ1v) is 6.71. The first-order chi connectivity index (χ1) is 9.11. The Morgan fingerprint density at radius 1 is 1.42 bits per heavy atom. The second-order valence-electron chi connectivity index (χ2n) is 4.20. The van der Waals surface area contributed by atoms with Gasteiger partial charge in [0.05, 0.1) is 19.2 Å². The van der Waals surface area contributed by atoms with Crippen molar-refractivity contribution in [3.63, 3.8) is 0 Å². The van der Waals surface area contributed by atoms with Gasteiger partial charge in [-0.3, -0.25) is 0 Å². The van der Waals surface area contributed by atoms with Gasteiger partial charge in [0.25, 0.3) is 0 Å². The molecular formula is C14H16N2O2S. The molecule has 0 atom stereocenters. The minimum Gasteiger partial charge on any atom is -0.465 e. The number of hydrogen-bond acceptors (Lipinski definition) is 5. The molecule has 1 aromatic heterocycles. The van der Waals surface area contributed by atoms with Crippen LogP contribution in [0.25, 0.3) is 0 Å².